The van der Waals surface area contributed by atoms with Crippen molar-refractivity contribution in [1.82, 2.24) is 0 Å². The Balaban J connectivity index is 0.974. The van der Waals surface area contributed by atoms with Crippen molar-refractivity contribution in [3.63, 3.8) is 0 Å². The van der Waals surface area contributed by atoms with Gasteiger partial charge in [0.05, 0.1) is 15.7 Å². The molecule has 0 saturated heterocycles. The number of anilines is 3. The van der Waals surface area contributed by atoms with Crippen molar-refractivity contribution >= 4 is 28.8 Å². The Kier molecular flexibility index (Phi) is 9.01. The Morgan fingerprint density at radius 1 is 0.333 bits per heavy atom. The minimum absolute atomic E-state index is 0.461. The molecule has 0 N–H and O–H groups in total. The van der Waals surface area contributed by atoms with Crippen LogP contribution < -0.4 is 9.64 Å². The molecule has 13 rings (SSSR count). The van der Waals surface area contributed by atoms with Gasteiger partial charge in [0.2, 0.25) is 0 Å². The predicted octanol–water partition coefficient (Wildman–Crippen LogP) is 16.0. The van der Waals surface area contributed by atoms with Crippen molar-refractivity contribution in [2.45, 2.75) is 15.7 Å². The van der Waals surface area contributed by atoms with E-state index < -0.39 is 10.8 Å². The van der Waals surface area contributed by atoms with Crippen molar-refractivity contribution in [3.8, 4) is 39.1 Å². The molecule has 0 saturated carbocycles. The van der Waals surface area contributed by atoms with Crippen LogP contribution in [0.4, 0.5) is 17.1 Å². The smallest absolute Gasteiger partial charge is 0.138 e. The number of fused-ring (bicyclic) bond motifs is 7. The molecule has 1 aliphatic heterocycles. The highest BCUT2D eigenvalue weighted by molar-refractivity contribution is 7.99. The van der Waals surface area contributed by atoms with Crippen LogP contribution in [0.15, 0.2) is 254 Å². The maximum atomic E-state index is 6.18. The summed E-state index contributed by atoms with van der Waals surface area (Å²) in [5, 5.41) is 0. The number of thioether (sulfide) groups is 1. The van der Waals surface area contributed by atoms with Gasteiger partial charge in [0.25, 0.3) is 0 Å². The molecule has 0 spiro atoms. The third kappa shape index (κ3) is 5.70. The molecule has 0 unspecified atom stereocenters. The van der Waals surface area contributed by atoms with E-state index in [-0.39, 0.29) is 0 Å². The summed E-state index contributed by atoms with van der Waals surface area (Å²) in [5.41, 5.74) is 19.9. The summed E-state index contributed by atoms with van der Waals surface area (Å²) in [6.45, 7) is 0. The van der Waals surface area contributed by atoms with E-state index in [4.69, 9.17) is 4.74 Å². The van der Waals surface area contributed by atoms with Crippen molar-refractivity contribution in [3.05, 3.63) is 293 Å². The minimum atomic E-state index is -0.514. The number of nitrogens with zero attached hydrogens (tertiary/aromatic N) is 1. The highest BCUT2D eigenvalue weighted by Gasteiger charge is 2.47. The average molecular weight is 862 g/mol. The van der Waals surface area contributed by atoms with Crippen molar-refractivity contribution < 1.29 is 4.74 Å². The molecule has 10 aromatic rings. The molecule has 0 atom stereocenters. The quantitative estimate of drug-likeness (QED) is 0.151. The second kappa shape index (κ2) is 15.4. The summed E-state index contributed by atoms with van der Waals surface area (Å²) < 4.78 is 6.18. The lowest BCUT2D eigenvalue weighted by molar-refractivity contribution is 0.398. The van der Waals surface area contributed by atoms with Gasteiger partial charge >= 0.3 is 0 Å². The van der Waals surface area contributed by atoms with Gasteiger partial charge in [0.1, 0.15) is 11.7 Å². The molecular formula is C63H43NOS. The Hall–Kier alpha value is -7.85. The van der Waals surface area contributed by atoms with Crippen LogP contribution in [0.1, 0.15) is 44.5 Å². The second-order valence-corrected chi connectivity index (χ2v) is 18.4. The molecule has 2 aliphatic carbocycles. The fourth-order valence-corrected chi connectivity index (χ4v) is 12.2. The van der Waals surface area contributed by atoms with Crippen LogP contribution in [-0.2, 0) is 10.8 Å². The van der Waals surface area contributed by atoms with Crippen LogP contribution in [0.5, 0.6) is 5.75 Å². The van der Waals surface area contributed by atoms with E-state index in [0.717, 1.165) is 28.4 Å². The summed E-state index contributed by atoms with van der Waals surface area (Å²) in [7, 11) is 0. The minimum Gasteiger partial charge on any atom is -0.481 e. The van der Waals surface area contributed by atoms with Gasteiger partial charge in [-0.25, -0.2) is 0 Å². The van der Waals surface area contributed by atoms with E-state index in [2.05, 4.69) is 254 Å². The van der Waals surface area contributed by atoms with Crippen molar-refractivity contribution in [2.24, 2.45) is 0 Å². The zero-order valence-corrected chi connectivity index (χ0v) is 37.0. The lowest BCUT2D eigenvalue weighted by Crippen LogP contribution is -2.28. The van der Waals surface area contributed by atoms with E-state index in [1.165, 1.54) is 77.2 Å². The zero-order valence-electron chi connectivity index (χ0n) is 36.1. The van der Waals surface area contributed by atoms with E-state index in [1.54, 1.807) is 11.8 Å². The summed E-state index contributed by atoms with van der Waals surface area (Å²) in [6, 6.07) is 92.0. The molecule has 3 heteroatoms. The number of hydrogen-bond acceptors (Lipinski definition) is 3. The number of ether oxygens (including phenoxy) is 1. The Bertz CT molecular complexity index is 3360. The summed E-state index contributed by atoms with van der Waals surface area (Å²) >= 11 is 1.74. The fraction of sp³-hybridized carbons (Fsp3) is 0.0476. The Morgan fingerprint density at radius 3 is 1.29 bits per heavy atom. The number of rotatable bonds is 8. The van der Waals surface area contributed by atoms with Crippen LogP contribution in [0.3, 0.4) is 0 Å². The second-order valence-electron chi connectivity index (χ2n) is 17.5. The monoisotopic (exact) mass is 861 g/mol. The van der Waals surface area contributed by atoms with E-state index in [1.807, 2.05) is 0 Å². The highest BCUT2D eigenvalue weighted by atomic mass is 32.2. The van der Waals surface area contributed by atoms with Crippen LogP contribution >= 0.6 is 11.8 Å². The molecule has 66 heavy (non-hydrogen) atoms. The van der Waals surface area contributed by atoms with Gasteiger partial charge in [0.15, 0.2) is 0 Å². The molecule has 1 heterocycles. The van der Waals surface area contributed by atoms with Crippen molar-refractivity contribution in [1.29, 1.82) is 0 Å². The third-order valence-corrected chi connectivity index (χ3v) is 15.1. The maximum absolute atomic E-state index is 6.18. The molecule has 312 valence electrons. The summed E-state index contributed by atoms with van der Waals surface area (Å²) in [4.78, 5) is 3.57. The fourth-order valence-electron chi connectivity index (χ4n) is 11.5. The van der Waals surface area contributed by atoms with Gasteiger partial charge in [-0.3, -0.25) is 0 Å². The molecule has 0 radical (unpaired) electrons. The predicted molar refractivity (Wildman–Crippen MR) is 273 cm³/mol. The topological polar surface area (TPSA) is 12.5 Å². The van der Waals surface area contributed by atoms with Crippen LogP contribution in [-0.4, -0.2) is 5.94 Å². The highest BCUT2D eigenvalue weighted by Crippen LogP contribution is 2.59. The first-order valence-corrected chi connectivity index (χ1v) is 23.7. The van der Waals surface area contributed by atoms with Crippen LogP contribution in [0, 0.1) is 0 Å². The van der Waals surface area contributed by atoms with Crippen LogP contribution in [0.2, 0.25) is 0 Å². The van der Waals surface area contributed by atoms with Crippen LogP contribution in [0.25, 0.3) is 33.4 Å². The molecule has 0 amide bonds. The van der Waals surface area contributed by atoms with E-state index in [9.17, 15) is 0 Å². The van der Waals surface area contributed by atoms with Gasteiger partial charge in [-0.15, -0.1) is 0 Å². The van der Waals surface area contributed by atoms with E-state index in [0.29, 0.717) is 5.94 Å². The Morgan fingerprint density at radius 2 is 0.742 bits per heavy atom. The summed E-state index contributed by atoms with van der Waals surface area (Å²) in [6.07, 6.45) is 0. The van der Waals surface area contributed by atoms with Gasteiger partial charge in [-0.05, 0) is 120 Å². The molecule has 0 aromatic heterocycles. The third-order valence-electron chi connectivity index (χ3n) is 14.2. The maximum Gasteiger partial charge on any atom is 0.138 e. The lowest BCUT2D eigenvalue weighted by Gasteiger charge is -2.35. The number of benzene rings is 10. The SMILES string of the molecule is c1ccc(C2(c3ccccc3)c3ccccc3-c3ccc(-c4ccc(N(c5ccc6c(c5)OCS6)c5ccc6c(c5)C(c5ccccc5)(c5ccccc5)c5ccccc5-6)cc4)cc32)cc1. The largest absolute Gasteiger partial charge is 0.481 e. The van der Waals surface area contributed by atoms with Crippen molar-refractivity contribution in [2.75, 3.05) is 10.8 Å². The zero-order chi connectivity index (χ0) is 43.7. The molecule has 0 bridgehead atoms. The van der Waals surface area contributed by atoms with Gasteiger partial charge in [0, 0.05) is 23.1 Å². The molecular weight excluding hydrogens is 819 g/mol. The normalized spacial score (nSPS) is 14.3. The number of hydrogen-bond donors (Lipinski definition) is 0. The first-order valence-electron chi connectivity index (χ1n) is 22.7. The standard InChI is InChI=1S/C63H43NOS/c1-5-17-45(18-6-1)62(46-19-7-2-8-20-46)56-27-15-13-25-52(56)54-36-31-44(39-58(54)62)43-29-32-49(33-30-43)64(51-35-38-61-60(41-51)65-42-66-61)50-34-37-55-53-26-14-16-28-57(53)63(59(55)40-50,47-21-9-3-10-22-47)48-23-11-4-12-24-48/h1-41H,42H2. The summed E-state index contributed by atoms with van der Waals surface area (Å²) in [5.74, 6) is 1.55. The Labute approximate surface area is 390 Å². The molecule has 3 aliphatic rings. The lowest BCUT2D eigenvalue weighted by atomic mass is 9.67. The van der Waals surface area contributed by atoms with E-state index >= 15 is 0 Å². The average Bonchev–Trinajstić information content (AvgIpc) is 4.08. The van der Waals surface area contributed by atoms with Gasteiger partial charge < -0.3 is 9.64 Å². The first-order chi connectivity index (χ1) is 32.7. The molecule has 2 nitrogen and oxygen atoms in total. The molecule has 10 aromatic carbocycles. The van der Waals surface area contributed by atoms with Gasteiger partial charge in [-0.1, -0.05) is 212 Å². The first kappa shape index (κ1) is 38.6. The van der Waals surface area contributed by atoms with Gasteiger partial charge in [-0.2, -0.15) is 0 Å². The molecule has 0 fully saturated rings.